The fourth-order valence-electron chi connectivity index (χ4n) is 1.71. The SMILES string of the molecule is CC(C)(C)c1nn(-c2ccc(Br)cn2)cc1C(=O)O. The second-order valence-electron chi connectivity index (χ2n) is 5.23. The fourth-order valence-corrected chi connectivity index (χ4v) is 1.94. The quantitative estimate of drug-likeness (QED) is 0.922. The molecule has 6 heteroatoms. The van der Waals surface area contributed by atoms with Crippen LogP contribution in [-0.4, -0.2) is 25.8 Å². The summed E-state index contributed by atoms with van der Waals surface area (Å²) in [4.78, 5) is 15.5. The van der Waals surface area contributed by atoms with Crippen LogP contribution >= 0.6 is 15.9 Å². The summed E-state index contributed by atoms with van der Waals surface area (Å²) in [5.74, 6) is -0.394. The molecule has 0 aliphatic carbocycles. The molecule has 19 heavy (non-hydrogen) atoms. The first-order valence-corrected chi connectivity index (χ1v) is 6.53. The summed E-state index contributed by atoms with van der Waals surface area (Å²) >= 11 is 3.31. The van der Waals surface area contributed by atoms with Crippen LogP contribution in [0.1, 0.15) is 36.8 Å². The van der Waals surface area contributed by atoms with Gasteiger partial charge in [-0.25, -0.2) is 14.5 Å². The topological polar surface area (TPSA) is 68.0 Å². The van der Waals surface area contributed by atoms with Crippen molar-refractivity contribution in [1.29, 1.82) is 0 Å². The van der Waals surface area contributed by atoms with Gasteiger partial charge in [-0.3, -0.25) is 0 Å². The van der Waals surface area contributed by atoms with E-state index < -0.39 is 5.97 Å². The van der Waals surface area contributed by atoms with Crippen molar-refractivity contribution < 1.29 is 9.90 Å². The highest BCUT2D eigenvalue weighted by molar-refractivity contribution is 9.10. The van der Waals surface area contributed by atoms with Crippen molar-refractivity contribution in [2.75, 3.05) is 0 Å². The van der Waals surface area contributed by atoms with E-state index in [1.54, 1.807) is 12.3 Å². The van der Waals surface area contributed by atoms with Gasteiger partial charge in [-0.15, -0.1) is 0 Å². The fraction of sp³-hybridized carbons (Fsp3) is 0.308. The monoisotopic (exact) mass is 323 g/mol. The third-order valence-corrected chi connectivity index (χ3v) is 3.07. The Kier molecular flexibility index (Phi) is 3.45. The molecule has 1 N–H and O–H groups in total. The second kappa shape index (κ2) is 4.77. The molecule has 0 radical (unpaired) electrons. The number of carboxylic acid groups (broad SMARTS) is 1. The molecule has 0 atom stereocenters. The van der Waals surface area contributed by atoms with Gasteiger partial charge in [-0.05, 0) is 28.1 Å². The Morgan fingerprint density at radius 1 is 1.37 bits per heavy atom. The summed E-state index contributed by atoms with van der Waals surface area (Å²) in [6, 6.07) is 3.61. The number of aromatic nitrogens is 3. The maximum atomic E-state index is 11.3. The van der Waals surface area contributed by atoms with Crippen molar-refractivity contribution in [3.8, 4) is 5.82 Å². The average Bonchev–Trinajstić information content (AvgIpc) is 2.74. The predicted octanol–water partition coefficient (Wildman–Crippen LogP) is 3.03. The number of carboxylic acids is 1. The lowest BCUT2D eigenvalue weighted by molar-refractivity contribution is 0.0694. The number of rotatable bonds is 2. The normalized spacial score (nSPS) is 11.6. The number of hydrogen-bond donors (Lipinski definition) is 1. The summed E-state index contributed by atoms with van der Waals surface area (Å²) in [5, 5.41) is 13.6. The molecular formula is C13H14BrN3O2. The molecule has 0 spiro atoms. The number of nitrogens with zero attached hydrogens (tertiary/aromatic N) is 3. The molecule has 2 aromatic heterocycles. The van der Waals surface area contributed by atoms with Crippen LogP contribution in [0.25, 0.3) is 5.82 Å². The zero-order valence-corrected chi connectivity index (χ0v) is 12.5. The molecule has 100 valence electrons. The van der Waals surface area contributed by atoms with Gasteiger partial charge >= 0.3 is 5.97 Å². The molecule has 0 amide bonds. The van der Waals surface area contributed by atoms with Gasteiger partial charge in [-0.2, -0.15) is 5.10 Å². The molecule has 0 aromatic carbocycles. The van der Waals surface area contributed by atoms with Gasteiger partial charge < -0.3 is 5.11 Å². The number of pyridine rings is 1. The number of carbonyl (C=O) groups is 1. The minimum absolute atomic E-state index is 0.206. The van der Waals surface area contributed by atoms with E-state index in [4.69, 9.17) is 0 Å². The van der Waals surface area contributed by atoms with E-state index in [-0.39, 0.29) is 11.0 Å². The van der Waals surface area contributed by atoms with Crippen LogP contribution in [0.15, 0.2) is 29.0 Å². The Labute approximate surface area is 119 Å². The van der Waals surface area contributed by atoms with Gasteiger partial charge in [0.1, 0.15) is 5.56 Å². The number of halogens is 1. The van der Waals surface area contributed by atoms with Crippen molar-refractivity contribution in [1.82, 2.24) is 14.8 Å². The van der Waals surface area contributed by atoms with Crippen molar-refractivity contribution in [3.63, 3.8) is 0 Å². The third kappa shape index (κ3) is 2.84. The molecule has 0 unspecified atom stereocenters. The highest BCUT2D eigenvalue weighted by Crippen LogP contribution is 2.25. The third-order valence-electron chi connectivity index (χ3n) is 2.60. The van der Waals surface area contributed by atoms with Gasteiger partial charge in [0.25, 0.3) is 0 Å². The molecule has 5 nitrogen and oxygen atoms in total. The van der Waals surface area contributed by atoms with Crippen LogP contribution in [-0.2, 0) is 5.41 Å². The summed E-state index contributed by atoms with van der Waals surface area (Å²) in [5.41, 5.74) is 0.413. The van der Waals surface area contributed by atoms with E-state index in [0.29, 0.717) is 11.5 Å². The molecule has 2 aromatic rings. The molecular weight excluding hydrogens is 310 g/mol. The molecule has 2 rings (SSSR count). The molecule has 0 bridgehead atoms. The first kappa shape index (κ1) is 13.7. The van der Waals surface area contributed by atoms with Crippen LogP contribution in [0.4, 0.5) is 0 Å². The largest absolute Gasteiger partial charge is 0.478 e. The first-order chi connectivity index (χ1) is 8.79. The van der Waals surface area contributed by atoms with Gasteiger partial charge in [0.05, 0.1) is 5.69 Å². The minimum atomic E-state index is -0.978. The zero-order valence-electron chi connectivity index (χ0n) is 10.9. The first-order valence-electron chi connectivity index (χ1n) is 5.74. The molecule has 0 aliphatic rings. The molecule has 0 saturated heterocycles. The highest BCUT2D eigenvalue weighted by atomic mass is 79.9. The maximum Gasteiger partial charge on any atom is 0.339 e. The second-order valence-corrected chi connectivity index (χ2v) is 6.14. The lowest BCUT2D eigenvalue weighted by Crippen LogP contribution is -2.16. The lowest BCUT2D eigenvalue weighted by atomic mass is 9.90. The van der Waals surface area contributed by atoms with E-state index in [1.807, 2.05) is 26.8 Å². The maximum absolute atomic E-state index is 11.3. The Balaban J connectivity index is 2.55. The average molecular weight is 324 g/mol. The van der Waals surface area contributed by atoms with Crippen LogP contribution in [0.3, 0.4) is 0 Å². The Hall–Kier alpha value is -1.69. The summed E-state index contributed by atoms with van der Waals surface area (Å²) < 4.78 is 2.36. The molecule has 0 saturated carbocycles. The highest BCUT2D eigenvalue weighted by Gasteiger charge is 2.26. The van der Waals surface area contributed by atoms with Crippen molar-refractivity contribution >= 4 is 21.9 Å². The van der Waals surface area contributed by atoms with Crippen molar-refractivity contribution in [2.24, 2.45) is 0 Å². The molecule has 0 fully saturated rings. The van der Waals surface area contributed by atoms with Crippen LogP contribution in [0.5, 0.6) is 0 Å². The van der Waals surface area contributed by atoms with Crippen LogP contribution in [0.2, 0.25) is 0 Å². The van der Waals surface area contributed by atoms with Crippen molar-refractivity contribution in [2.45, 2.75) is 26.2 Å². The van der Waals surface area contributed by atoms with Crippen molar-refractivity contribution in [3.05, 3.63) is 40.3 Å². The number of aromatic carboxylic acids is 1. The smallest absolute Gasteiger partial charge is 0.339 e. The Bertz CT molecular complexity index is 612. The van der Waals surface area contributed by atoms with Gasteiger partial charge in [0.15, 0.2) is 5.82 Å². The van der Waals surface area contributed by atoms with Gasteiger partial charge in [-0.1, -0.05) is 20.8 Å². The number of hydrogen-bond acceptors (Lipinski definition) is 3. The molecule has 2 heterocycles. The van der Waals surface area contributed by atoms with E-state index in [1.165, 1.54) is 10.9 Å². The zero-order chi connectivity index (χ0) is 14.2. The van der Waals surface area contributed by atoms with Crippen LogP contribution < -0.4 is 0 Å². The van der Waals surface area contributed by atoms with E-state index >= 15 is 0 Å². The standard InChI is InChI=1S/C13H14BrN3O2/c1-13(2,3)11-9(12(18)19)7-17(16-11)10-5-4-8(14)6-15-10/h4-7H,1-3H3,(H,18,19). The summed E-state index contributed by atoms with van der Waals surface area (Å²) in [7, 11) is 0. The lowest BCUT2D eigenvalue weighted by Gasteiger charge is -2.15. The van der Waals surface area contributed by atoms with E-state index in [2.05, 4.69) is 26.0 Å². The molecule has 0 aliphatic heterocycles. The summed E-state index contributed by atoms with van der Waals surface area (Å²) in [6.07, 6.45) is 3.15. The van der Waals surface area contributed by atoms with E-state index in [9.17, 15) is 9.90 Å². The Morgan fingerprint density at radius 2 is 2.05 bits per heavy atom. The summed E-state index contributed by atoms with van der Waals surface area (Å²) in [6.45, 7) is 5.80. The van der Waals surface area contributed by atoms with E-state index in [0.717, 1.165) is 4.47 Å². The van der Waals surface area contributed by atoms with Crippen LogP contribution in [0, 0.1) is 0 Å². The van der Waals surface area contributed by atoms with Gasteiger partial charge in [0.2, 0.25) is 0 Å². The predicted molar refractivity (Wildman–Crippen MR) is 74.7 cm³/mol. The van der Waals surface area contributed by atoms with Gasteiger partial charge in [0, 0.05) is 22.3 Å². The minimum Gasteiger partial charge on any atom is -0.478 e. The Morgan fingerprint density at radius 3 is 2.47 bits per heavy atom.